The van der Waals surface area contributed by atoms with Gasteiger partial charge in [-0.15, -0.1) is 0 Å². The van der Waals surface area contributed by atoms with Crippen molar-refractivity contribution in [3.8, 4) is 6.07 Å². The van der Waals surface area contributed by atoms with Gasteiger partial charge < -0.3 is 30.2 Å². The number of rotatable bonds is 5. The number of hydrogen-bond acceptors (Lipinski definition) is 6. The SMILES string of the molecule is CCO[P+]([O-])(OCC)C(C#N)=C([S-])[S-]. The highest BCUT2D eigenvalue weighted by Crippen LogP contribution is 2.60. The molecule has 4 nitrogen and oxygen atoms in total. The molecule has 0 aromatic carbocycles. The van der Waals surface area contributed by atoms with E-state index in [0.717, 1.165) is 0 Å². The molecule has 0 aromatic rings. The van der Waals surface area contributed by atoms with E-state index in [1.54, 1.807) is 19.9 Å². The van der Waals surface area contributed by atoms with Gasteiger partial charge in [-0.05, 0) is 13.8 Å². The quantitative estimate of drug-likeness (QED) is 0.412. The highest BCUT2D eigenvalue weighted by molar-refractivity contribution is 7.86. The first-order chi connectivity index (χ1) is 6.51. The van der Waals surface area contributed by atoms with Gasteiger partial charge in [0.1, 0.15) is 6.07 Å². The smallest absolute Gasteiger partial charge is 0.277 e. The maximum atomic E-state index is 11.9. The van der Waals surface area contributed by atoms with Gasteiger partial charge >= 0.3 is 0 Å². The number of allylic oxidation sites excluding steroid dienone is 1. The number of nitriles is 1. The Kier molecular flexibility index (Phi) is 6.45. The normalized spacial score (nSPS) is 10.7. The molecule has 0 amide bonds. The first-order valence-corrected chi connectivity index (χ1v) is 6.25. The van der Waals surface area contributed by atoms with E-state index in [9.17, 15) is 4.89 Å². The highest BCUT2D eigenvalue weighted by atomic mass is 32.2. The Labute approximate surface area is 95.3 Å². The highest BCUT2D eigenvalue weighted by Gasteiger charge is 2.34. The average molecular weight is 251 g/mol. The van der Waals surface area contributed by atoms with Crippen LogP contribution in [-0.2, 0) is 34.3 Å². The maximum Gasteiger partial charge on any atom is 0.277 e. The van der Waals surface area contributed by atoms with E-state index in [0.29, 0.717) is 0 Å². The summed E-state index contributed by atoms with van der Waals surface area (Å²) in [7, 11) is -3.58. The Morgan fingerprint density at radius 3 is 2.00 bits per heavy atom. The van der Waals surface area contributed by atoms with Gasteiger partial charge in [-0.25, -0.2) is 9.05 Å². The van der Waals surface area contributed by atoms with Crippen molar-refractivity contribution in [2.24, 2.45) is 0 Å². The van der Waals surface area contributed by atoms with Crippen LogP contribution in [-0.4, -0.2) is 13.2 Å². The Morgan fingerprint density at radius 2 is 1.79 bits per heavy atom. The van der Waals surface area contributed by atoms with Crippen molar-refractivity contribution in [2.45, 2.75) is 13.8 Å². The van der Waals surface area contributed by atoms with Gasteiger partial charge in [0.15, 0.2) is 5.31 Å². The molecule has 0 fully saturated rings. The monoisotopic (exact) mass is 251 g/mol. The van der Waals surface area contributed by atoms with Crippen LogP contribution >= 0.6 is 7.94 Å². The second-order valence-corrected chi connectivity index (χ2v) is 5.11. The maximum absolute atomic E-state index is 11.9. The van der Waals surface area contributed by atoms with Crippen LogP contribution in [0.25, 0.3) is 0 Å². The third kappa shape index (κ3) is 3.62. The van der Waals surface area contributed by atoms with Gasteiger partial charge in [0, 0.05) is 0 Å². The summed E-state index contributed by atoms with van der Waals surface area (Å²) in [5, 5.41) is 8.45. The Bertz CT molecular complexity index is 254. The van der Waals surface area contributed by atoms with E-state index in [-0.39, 0.29) is 22.8 Å². The second-order valence-electron chi connectivity index (χ2n) is 2.08. The fraction of sp³-hybridized carbons (Fsp3) is 0.571. The van der Waals surface area contributed by atoms with Crippen LogP contribution in [0.15, 0.2) is 9.55 Å². The topological polar surface area (TPSA) is 65.3 Å². The molecule has 0 saturated carbocycles. The van der Waals surface area contributed by atoms with Gasteiger partial charge in [-0.1, -0.05) is 0 Å². The Balaban J connectivity index is 4.99. The largest absolute Gasteiger partial charge is 0.803 e. The Hall–Kier alpha value is -0.0200. The zero-order valence-electron chi connectivity index (χ0n) is 7.85. The molecule has 0 heterocycles. The minimum absolute atomic E-state index is 0.167. The van der Waals surface area contributed by atoms with E-state index in [1.807, 2.05) is 0 Å². The molecule has 0 aliphatic heterocycles. The van der Waals surface area contributed by atoms with E-state index < -0.39 is 7.94 Å². The van der Waals surface area contributed by atoms with E-state index in [2.05, 4.69) is 25.3 Å². The first-order valence-electron chi connectivity index (χ1n) is 3.89. The minimum Gasteiger partial charge on any atom is -0.803 e. The van der Waals surface area contributed by atoms with Crippen molar-refractivity contribution >= 4 is 33.2 Å². The molecule has 0 aliphatic rings. The van der Waals surface area contributed by atoms with Crippen LogP contribution in [0, 0.1) is 11.3 Å². The zero-order chi connectivity index (χ0) is 11.2. The summed E-state index contributed by atoms with van der Waals surface area (Å²) in [6.07, 6.45) is 0. The molecule has 0 spiro atoms. The molecule has 0 rings (SSSR count). The molecular formula is C7H10NO3PS2-2. The second kappa shape index (κ2) is 6.46. The lowest BCUT2D eigenvalue weighted by Crippen LogP contribution is -2.18. The summed E-state index contributed by atoms with van der Waals surface area (Å²) < 4.78 is 9.64. The average Bonchev–Trinajstić information content (AvgIpc) is 2.04. The van der Waals surface area contributed by atoms with Crippen molar-refractivity contribution in [1.29, 1.82) is 5.26 Å². The number of nitrogens with zero attached hydrogens (tertiary/aromatic N) is 1. The van der Waals surface area contributed by atoms with Crippen LogP contribution in [0.3, 0.4) is 0 Å². The van der Waals surface area contributed by atoms with Gasteiger partial charge in [0.05, 0.1) is 13.2 Å². The molecular weight excluding hydrogens is 241 g/mol. The van der Waals surface area contributed by atoms with Crippen molar-refractivity contribution in [3.63, 3.8) is 0 Å². The van der Waals surface area contributed by atoms with Crippen LogP contribution in [0.1, 0.15) is 13.8 Å². The van der Waals surface area contributed by atoms with Crippen molar-refractivity contribution in [3.05, 3.63) is 9.55 Å². The molecule has 0 N–H and O–H groups in total. The summed E-state index contributed by atoms with van der Waals surface area (Å²) in [5.74, 6) is 0. The summed E-state index contributed by atoms with van der Waals surface area (Å²) in [6, 6.07) is 1.67. The molecule has 0 aromatic heterocycles. The third-order valence-corrected chi connectivity index (χ3v) is 3.95. The van der Waals surface area contributed by atoms with Crippen LogP contribution in [0.4, 0.5) is 0 Å². The summed E-state index contributed by atoms with van der Waals surface area (Å²) in [6.45, 7) is 3.63. The summed E-state index contributed by atoms with van der Waals surface area (Å²) >= 11 is 9.23. The molecule has 0 radical (unpaired) electrons. The standard InChI is InChI=1S/C7H12NO3PS2/c1-3-10-12(9,11-4-2)6(5-8)7(13)14/h13-14H,3-4H2,1-2H3/p-2. The predicted octanol–water partition coefficient (Wildman–Crippen LogP) is 0.969. The fourth-order valence-corrected chi connectivity index (χ4v) is 2.85. The Morgan fingerprint density at radius 1 is 1.36 bits per heavy atom. The molecule has 0 unspecified atom stereocenters. The molecule has 80 valence electrons. The molecule has 0 atom stereocenters. The molecule has 14 heavy (non-hydrogen) atoms. The van der Waals surface area contributed by atoms with E-state index >= 15 is 0 Å². The van der Waals surface area contributed by atoms with E-state index in [1.165, 1.54) is 0 Å². The lowest BCUT2D eigenvalue weighted by molar-refractivity contribution is -0.214. The van der Waals surface area contributed by atoms with Crippen molar-refractivity contribution in [2.75, 3.05) is 13.2 Å². The van der Waals surface area contributed by atoms with Gasteiger partial charge in [0.2, 0.25) is 0 Å². The fourth-order valence-electron chi connectivity index (χ4n) is 0.725. The molecule has 7 heteroatoms. The van der Waals surface area contributed by atoms with Gasteiger partial charge in [0.25, 0.3) is 7.94 Å². The molecule has 0 saturated heterocycles. The van der Waals surface area contributed by atoms with E-state index in [4.69, 9.17) is 14.3 Å². The van der Waals surface area contributed by atoms with Gasteiger partial charge in [-0.3, -0.25) is 4.24 Å². The summed E-state index contributed by atoms with van der Waals surface area (Å²) in [5.41, 5.74) is 0. The van der Waals surface area contributed by atoms with Gasteiger partial charge in [-0.2, -0.15) is 5.26 Å². The number of hydrogen-bond donors (Lipinski definition) is 0. The minimum atomic E-state index is -3.58. The van der Waals surface area contributed by atoms with Crippen molar-refractivity contribution < 1.29 is 13.9 Å². The third-order valence-electron chi connectivity index (χ3n) is 1.17. The predicted molar refractivity (Wildman–Crippen MR) is 57.5 cm³/mol. The zero-order valence-corrected chi connectivity index (χ0v) is 10.4. The summed E-state index contributed by atoms with van der Waals surface area (Å²) in [4.78, 5) is 11.9. The van der Waals surface area contributed by atoms with Crippen molar-refractivity contribution in [1.82, 2.24) is 0 Å². The van der Waals surface area contributed by atoms with Crippen LogP contribution < -0.4 is 4.89 Å². The first kappa shape index (κ1) is 14.0. The lowest BCUT2D eigenvalue weighted by Gasteiger charge is -2.31. The van der Waals surface area contributed by atoms with Crippen LogP contribution in [0.2, 0.25) is 0 Å². The lowest BCUT2D eigenvalue weighted by atomic mass is 10.7. The van der Waals surface area contributed by atoms with Crippen LogP contribution in [0.5, 0.6) is 0 Å². The molecule has 0 aliphatic carbocycles. The molecule has 0 bridgehead atoms.